The monoisotopic (exact) mass is 203 g/mol. The number of sulfone groups is 1. The molecule has 2 nitrogen and oxygen atoms in total. The van der Waals surface area contributed by atoms with Crippen molar-refractivity contribution < 1.29 is 8.42 Å². The van der Waals surface area contributed by atoms with E-state index in [1.54, 1.807) is 18.2 Å². The van der Waals surface area contributed by atoms with E-state index in [0.717, 1.165) is 0 Å². The second-order valence-electron chi connectivity index (χ2n) is 2.59. The first-order valence-corrected chi connectivity index (χ1v) is 5.75. The minimum atomic E-state index is -3.00. The minimum absolute atomic E-state index is 0.0134. The van der Waals surface area contributed by atoms with Gasteiger partial charge in [-0.1, -0.05) is 23.7 Å². The highest BCUT2D eigenvalue weighted by Crippen LogP contribution is 2.16. The van der Waals surface area contributed by atoms with Gasteiger partial charge < -0.3 is 0 Å². The third kappa shape index (κ3) is 2.83. The fourth-order valence-corrected chi connectivity index (χ4v) is 1.93. The SMILES string of the molecule is CS(=O)(=O)Cc1cc[c]cc1Cl. The molecule has 0 bridgehead atoms. The highest BCUT2D eigenvalue weighted by atomic mass is 35.5. The maximum Gasteiger partial charge on any atom is 0.151 e. The number of halogens is 1. The van der Waals surface area contributed by atoms with Crippen LogP contribution in [-0.4, -0.2) is 14.7 Å². The van der Waals surface area contributed by atoms with E-state index in [0.29, 0.717) is 10.6 Å². The number of benzene rings is 1. The lowest BCUT2D eigenvalue weighted by atomic mass is 10.2. The van der Waals surface area contributed by atoms with Gasteiger partial charge in [0.1, 0.15) is 0 Å². The van der Waals surface area contributed by atoms with Crippen molar-refractivity contribution in [2.45, 2.75) is 5.75 Å². The summed E-state index contributed by atoms with van der Waals surface area (Å²) >= 11 is 5.73. The summed E-state index contributed by atoms with van der Waals surface area (Å²) < 4.78 is 21.8. The third-order valence-corrected chi connectivity index (χ3v) is 2.50. The molecule has 0 aliphatic carbocycles. The lowest BCUT2D eigenvalue weighted by molar-refractivity contribution is 0.601. The highest BCUT2D eigenvalue weighted by molar-refractivity contribution is 7.89. The Morgan fingerprint density at radius 1 is 1.58 bits per heavy atom. The standard InChI is InChI=1S/C8H8ClO2S/c1-12(10,11)6-7-4-2-3-5-8(7)9/h2,4-5H,6H2,1H3. The molecule has 4 heteroatoms. The Balaban J connectivity index is 2.98. The summed E-state index contributed by atoms with van der Waals surface area (Å²) in [5.74, 6) is -0.0134. The zero-order valence-corrected chi connectivity index (χ0v) is 8.11. The first-order chi connectivity index (χ1) is 5.49. The molecular formula is C8H8ClO2S. The van der Waals surface area contributed by atoms with Crippen molar-refractivity contribution in [3.8, 4) is 0 Å². The van der Waals surface area contributed by atoms with Crippen LogP contribution in [-0.2, 0) is 15.6 Å². The van der Waals surface area contributed by atoms with E-state index >= 15 is 0 Å². The van der Waals surface area contributed by atoms with Crippen molar-refractivity contribution in [3.63, 3.8) is 0 Å². The molecule has 0 spiro atoms. The summed E-state index contributed by atoms with van der Waals surface area (Å²) in [6.07, 6.45) is 1.18. The summed E-state index contributed by atoms with van der Waals surface area (Å²) in [6, 6.07) is 7.62. The van der Waals surface area contributed by atoms with Gasteiger partial charge in [0.2, 0.25) is 0 Å². The zero-order valence-electron chi connectivity index (χ0n) is 6.54. The smallest absolute Gasteiger partial charge is 0.151 e. The molecule has 0 aromatic heterocycles. The molecule has 12 heavy (non-hydrogen) atoms. The molecule has 0 fully saturated rings. The second kappa shape index (κ2) is 3.46. The van der Waals surface area contributed by atoms with Crippen molar-refractivity contribution in [1.29, 1.82) is 0 Å². The van der Waals surface area contributed by atoms with E-state index in [1.807, 2.05) is 0 Å². The van der Waals surface area contributed by atoms with E-state index in [-0.39, 0.29) is 5.75 Å². The van der Waals surface area contributed by atoms with Crippen LogP contribution in [0.1, 0.15) is 5.56 Å². The summed E-state index contributed by atoms with van der Waals surface area (Å²) in [7, 11) is -3.00. The molecule has 0 heterocycles. The van der Waals surface area contributed by atoms with Gasteiger partial charge in [-0.05, 0) is 17.7 Å². The van der Waals surface area contributed by atoms with Crippen LogP contribution in [0.2, 0.25) is 5.02 Å². The van der Waals surface area contributed by atoms with Gasteiger partial charge in [0.15, 0.2) is 9.84 Å². The van der Waals surface area contributed by atoms with Crippen molar-refractivity contribution in [2.24, 2.45) is 0 Å². The molecule has 0 unspecified atom stereocenters. The molecular weight excluding hydrogens is 196 g/mol. The predicted molar refractivity (Wildman–Crippen MR) is 48.8 cm³/mol. The van der Waals surface area contributed by atoms with Crippen LogP contribution in [0, 0.1) is 6.07 Å². The van der Waals surface area contributed by atoms with E-state index in [4.69, 9.17) is 11.6 Å². The maximum absolute atomic E-state index is 10.9. The topological polar surface area (TPSA) is 34.1 Å². The number of hydrogen-bond donors (Lipinski definition) is 0. The van der Waals surface area contributed by atoms with Crippen molar-refractivity contribution in [3.05, 3.63) is 34.9 Å². The zero-order chi connectivity index (χ0) is 9.19. The van der Waals surface area contributed by atoms with Crippen LogP contribution < -0.4 is 0 Å². The Bertz CT molecular complexity index is 370. The molecule has 1 aromatic rings. The molecule has 0 saturated heterocycles. The lowest BCUT2D eigenvalue weighted by Gasteiger charge is -2.00. The van der Waals surface area contributed by atoms with Crippen LogP contribution in [0.5, 0.6) is 0 Å². The number of hydrogen-bond acceptors (Lipinski definition) is 2. The average molecular weight is 204 g/mol. The van der Waals surface area contributed by atoms with Gasteiger partial charge in [0.25, 0.3) is 0 Å². The Hall–Kier alpha value is -0.540. The molecule has 0 atom stereocenters. The van der Waals surface area contributed by atoms with Gasteiger partial charge in [-0.15, -0.1) is 0 Å². The van der Waals surface area contributed by atoms with E-state index < -0.39 is 9.84 Å². The molecule has 0 aliphatic heterocycles. The molecule has 1 rings (SSSR count). The number of rotatable bonds is 2. The molecule has 0 N–H and O–H groups in total. The predicted octanol–water partition coefficient (Wildman–Crippen LogP) is 1.68. The Morgan fingerprint density at radius 3 is 2.75 bits per heavy atom. The van der Waals surface area contributed by atoms with Gasteiger partial charge in [0, 0.05) is 11.3 Å². The van der Waals surface area contributed by atoms with Gasteiger partial charge in [-0.25, -0.2) is 8.42 Å². The Morgan fingerprint density at radius 2 is 2.25 bits per heavy atom. The molecule has 0 aliphatic rings. The largest absolute Gasteiger partial charge is 0.229 e. The first-order valence-electron chi connectivity index (χ1n) is 3.31. The fraction of sp³-hybridized carbons (Fsp3) is 0.250. The average Bonchev–Trinajstić information content (AvgIpc) is 1.91. The third-order valence-electron chi connectivity index (χ3n) is 1.32. The van der Waals surface area contributed by atoms with Gasteiger partial charge >= 0.3 is 0 Å². The van der Waals surface area contributed by atoms with E-state index in [1.165, 1.54) is 6.26 Å². The minimum Gasteiger partial charge on any atom is -0.229 e. The first kappa shape index (κ1) is 9.55. The fourth-order valence-electron chi connectivity index (χ4n) is 0.842. The molecule has 0 amide bonds. The summed E-state index contributed by atoms with van der Waals surface area (Å²) in [5, 5.41) is 0.447. The summed E-state index contributed by atoms with van der Waals surface area (Å²) in [5.41, 5.74) is 0.623. The molecule has 1 radical (unpaired) electrons. The van der Waals surface area contributed by atoms with E-state index in [9.17, 15) is 8.42 Å². The Kier molecular flexibility index (Phi) is 2.75. The maximum atomic E-state index is 10.9. The molecule has 65 valence electrons. The van der Waals surface area contributed by atoms with Crippen LogP contribution >= 0.6 is 11.6 Å². The Labute approximate surface area is 77.1 Å². The molecule has 1 aromatic carbocycles. The summed E-state index contributed by atoms with van der Waals surface area (Å²) in [4.78, 5) is 0. The van der Waals surface area contributed by atoms with Crippen LogP contribution in [0.4, 0.5) is 0 Å². The van der Waals surface area contributed by atoms with Gasteiger partial charge in [-0.3, -0.25) is 0 Å². The normalized spacial score (nSPS) is 11.5. The second-order valence-corrected chi connectivity index (χ2v) is 5.13. The van der Waals surface area contributed by atoms with Crippen LogP contribution in [0.25, 0.3) is 0 Å². The van der Waals surface area contributed by atoms with Crippen molar-refractivity contribution in [1.82, 2.24) is 0 Å². The molecule has 0 saturated carbocycles. The van der Waals surface area contributed by atoms with Gasteiger partial charge in [-0.2, -0.15) is 0 Å². The van der Waals surface area contributed by atoms with Crippen LogP contribution in [0.3, 0.4) is 0 Å². The van der Waals surface area contributed by atoms with Crippen LogP contribution in [0.15, 0.2) is 18.2 Å². The summed E-state index contributed by atoms with van der Waals surface area (Å²) in [6.45, 7) is 0. The van der Waals surface area contributed by atoms with Crippen molar-refractivity contribution in [2.75, 3.05) is 6.26 Å². The van der Waals surface area contributed by atoms with Crippen molar-refractivity contribution >= 4 is 21.4 Å². The highest BCUT2D eigenvalue weighted by Gasteiger charge is 2.06. The van der Waals surface area contributed by atoms with E-state index in [2.05, 4.69) is 6.07 Å². The lowest BCUT2D eigenvalue weighted by Crippen LogP contribution is -2.00. The quantitative estimate of drug-likeness (QED) is 0.733. The van der Waals surface area contributed by atoms with Gasteiger partial charge in [0.05, 0.1) is 5.75 Å².